The van der Waals surface area contributed by atoms with Crippen molar-refractivity contribution >= 4 is 22.5 Å². The largest absolute Gasteiger partial charge is 0.462 e. The fraction of sp³-hybridized carbons (Fsp3) is 0.222. The van der Waals surface area contributed by atoms with Crippen molar-refractivity contribution in [2.24, 2.45) is 0 Å². The van der Waals surface area contributed by atoms with Gasteiger partial charge in [-0.05, 0) is 19.1 Å². The van der Waals surface area contributed by atoms with Crippen molar-refractivity contribution in [3.05, 3.63) is 29.8 Å². The molecule has 0 bridgehead atoms. The summed E-state index contributed by atoms with van der Waals surface area (Å²) in [5, 5.41) is 0. The van der Waals surface area contributed by atoms with Crippen molar-refractivity contribution in [3.8, 4) is 0 Å². The predicted octanol–water partition coefficient (Wildman–Crippen LogP) is 0.802. The summed E-state index contributed by atoms with van der Waals surface area (Å²) in [4.78, 5) is 11.4. The molecule has 82 valence electrons. The highest BCUT2D eigenvalue weighted by molar-refractivity contribution is 7.73. The quantitative estimate of drug-likeness (QED) is 0.591. The van der Waals surface area contributed by atoms with E-state index in [4.69, 9.17) is 4.74 Å². The number of esters is 1. The van der Waals surface area contributed by atoms with Gasteiger partial charge in [0.05, 0.1) is 17.9 Å². The van der Waals surface area contributed by atoms with Crippen LogP contribution in [0.4, 0.5) is 5.69 Å². The van der Waals surface area contributed by atoms with Crippen molar-refractivity contribution in [1.82, 2.24) is 0 Å². The van der Waals surface area contributed by atoms with Gasteiger partial charge in [0.1, 0.15) is 0 Å². The number of ether oxygens (including phenoxy) is 1. The lowest BCUT2D eigenvalue weighted by molar-refractivity contribution is 0.0527. The number of benzene rings is 1. The van der Waals surface area contributed by atoms with Crippen LogP contribution in [0.1, 0.15) is 17.3 Å². The van der Waals surface area contributed by atoms with E-state index in [1.807, 2.05) is 0 Å². The third-order valence-electron chi connectivity index (χ3n) is 1.63. The summed E-state index contributed by atoms with van der Waals surface area (Å²) in [5.41, 5.74) is 0.436. The van der Waals surface area contributed by atoms with Crippen LogP contribution in [0.15, 0.2) is 24.3 Å². The van der Waals surface area contributed by atoms with Crippen molar-refractivity contribution in [3.63, 3.8) is 0 Å². The minimum absolute atomic E-state index is 0.207. The molecule has 0 aromatic heterocycles. The number of carbonyl (C=O) groups excluding carboxylic acids is 1. The van der Waals surface area contributed by atoms with Crippen LogP contribution in [0.3, 0.4) is 0 Å². The molecule has 0 unspecified atom stereocenters. The average Bonchev–Trinajstić information content (AvgIpc) is 2.18. The monoisotopic (exact) mass is 229 g/mol. The lowest BCUT2D eigenvalue weighted by atomic mass is 10.2. The van der Waals surface area contributed by atoms with Crippen molar-refractivity contribution in [1.29, 1.82) is 0 Å². The minimum Gasteiger partial charge on any atom is -0.462 e. The van der Waals surface area contributed by atoms with E-state index in [-0.39, 0.29) is 17.9 Å². The molecule has 5 nitrogen and oxygen atoms in total. The molecule has 0 amide bonds. The molecular formula is C9H11NO4S. The summed E-state index contributed by atoms with van der Waals surface area (Å²) >= 11 is 0. The van der Waals surface area contributed by atoms with Crippen LogP contribution >= 0.6 is 0 Å². The number of para-hydroxylation sites is 1. The van der Waals surface area contributed by atoms with Gasteiger partial charge >= 0.3 is 5.97 Å². The highest BCUT2D eigenvalue weighted by Gasteiger charge is 2.11. The smallest absolute Gasteiger partial charge is 0.340 e. The number of anilines is 1. The second kappa shape index (κ2) is 5.35. The molecule has 1 N–H and O–H groups in total. The molecule has 0 saturated carbocycles. The van der Waals surface area contributed by atoms with Crippen LogP contribution in [0.5, 0.6) is 0 Å². The first-order valence-corrected chi connectivity index (χ1v) is 5.50. The molecule has 0 fully saturated rings. The SMILES string of the molecule is CCOC(=O)c1ccccc1N[SH](=O)=O. The molecule has 1 aromatic carbocycles. The normalized spacial score (nSPS) is 10.0. The van der Waals surface area contributed by atoms with E-state index in [1.165, 1.54) is 12.1 Å². The van der Waals surface area contributed by atoms with E-state index in [0.717, 1.165) is 0 Å². The van der Waals surface area contributed by atoms with Gasteiger partial charge in [-0.15, -0.1) is 0 Å². The zero-order chi connectivity index (χ0) is 11.3. The molecule has 1 rings (SSSR count). The summed E-state index contributed by atoms with van der Waals surface area (Å²) in [6, 6.07) is 6.26. The van der Waals surface area contributed by atoms with Gasteiger partial charge in [0, 0.05) is 0 Å². The molecule has 15 heavy (non-hydrogen) atoms. The Hall–Kier alpha value is -1.56. The average molecular weight is 229 g/mol. The Bertz CT molecular complexity index is 420. The Labute approximate surface area is 89.1 Å². The standard InChI is InChI=1S/C9H11NO4S/c1-2-14-9(11)7-5-3-4-6-8(7)10-15(12)13/h3-6,15H,2H2,1H3,(H,10,12,13). The summed E-state index contributed by atoms with van der Waals surface area (Å²) in [6.07, 6.45) is 0. The maximum atomic E-state index is 11.4. The second-order valence-corrected chi connectivity index (χ2v) is 3.37. The molecule has 6 heteroatoms. The molecular weight excluding hydrogens is 218 g/mol. The van der Waals surface area contributed by atoms with Crippen molar-refractivity contribution < 1.29 is 17.9 Å². The zero-order valence-electron chi connectivity index (χ0n) is 8.10. The Balaban J connectivity index is 3.00. The molecule has 0 aliphatic heterocycles. The fourth-order valence-electron chi connectivity index (χ4n) is 1.07. The lowest BCUT2D eigenvalue weighted by Gasteiger charge is -2.06. The first-order valence-electron chi connectivity index (χ1n) is 4.32. The molecule has 0 saturated heterocycles. The van der Waals surface area contributed by atoms with Gasteiger partial charge in [-0.3, -0.25) is 4.72 Å². The first-order chi connectivity index (χ1) is 7.15. The Morgan fingerprint density at radius 2 is 2.07 bits per heavy atom. The molecule has 0 spiro atoms. The molecule has 1 aromatic rings. The highest BCUT2D eigenvalue weighted by atomic mass is 32.2. The number of hydrogen-bond acceptors (Lipinski definition) is 4. The van der Waals surface area contributed by atoms with E-state index in [9.17, 15) is 13.2 Å². The third-order valence-corrected chi connectivity index (χ3v) is 2.06. The van der Waals surface area contributed by atoms with Gasteiger partial charge < -0.3 is 4.74 Å². The molecule has 0 aliphatic rings. The van der Waals surface area contributed by atoms with Crippen LogP contribution in [0.25, 0.3) is 0 Å². The van der Waals surface area contributed by atoms with Crippen LogP contribution in [-0.2, 0) is 15.6 Å². The van der Waals surface area contributed by atoms with E-state index in [1.54, 1.807) is 19.1 Å². The summed E-state index contributed by atoms with van der Waals surface area (Å²) < 4.78 is 27.9. The van der Waals surface area contributed by atoms with Gasteiger partial charge in [0.15, 0.2) is 0 Å². The van der Waals surface area contributed by atoms with Gasteiger partial charge in [-0.2, -0.15) is 0 Å². The number of nitrogens with one attached hydrogen (secondary N) is 1. The molecule has 0 radical (unpaired) electrons. The van der Waals surface area contributed by atoms with Gasteiger partial charge in [0.25, 0.3) is 0 Å². The van der Waals surface area contributed by atoms with E-state index >= 15 is 0 Å². The zero-order valence-corrected chi connectivity index (χ0v) is 8.99. The third kappa shape index (κ3) is 3.25. The maximum absolute atomic E-state index is 11.4. The van der Waals surface area contributed by atoms with Crippen LogP contribution < -0.4 is 4.72 Å². The minimum atomic E-state index is -2.78. The van der Waals surface area contributed by atoms with Gasteiger partial charge in [-0.25, -0.2) is 13.2 Å². The fourth-order valence-corrected chi connectivity index (χ4v) is 1.46. The number of rotatable bonds is 4. The lowest BCUT2D eigenvalue weighted by Crippen LogP contribution is -2.08. The summed E-state index contributed by atoms with van der Waals surface area (Å²) in [7, 11) is -2.78. The van der Waals surface area contributed by atoms with E-state index in [2.05, 4.69) is 4.72 Å². The molecule has 0 aliphatic carbocycles. The van der Waals surface area contributed by atoms with Gasteiger partial charge in [0.2, 0.25) is 10.9 Å². The van der Waals surface area contributed by atoms with E-state index < -0.39 is 16.9 Å². The highest BCUT2D eigenvalue weighted by Crippen LogP contribution is 2.15. The van der Waals surface area contributed by atoms with Crippen molar-refractivity contribution in [2.45, 2.75) is 6.92 Å². The molecule has 0 atom stereocenters. The van der Waals surface area contributed by atoms with Crippen LogP contribution in [-0.4, -0.2) is 21.0 Å². The number of carbonyl (C=O) groups is 1. The summed E-state index contributed by atoms with van der Waals surface area (Å²) in [5.74, 6) is -0.544. The predicted molar refractivity (Wildman–Crippen MR) is 56.3 cm³/mol. The first kappa shape index (κ1) is 11.5. The van der Waals surface area contributed by atoms with Crippen LogP contribution in [0.2, 0.25) is 0 Å². The Kier molecular flexibility index (Phi) is 4.11. The second-order valence-electron chi connectivity index (χ2n) is 2.63. The topological polar surface area (TPSA) is 72.5 Å². The molecule has 0 heterocycles. The van der Waals surface area contributed by atoms with E-state index in [0.29, 0.717) is 0 Å². The number of thiol groups is 1. The number of hydrogen-bond donors (Lipinski definition) is 2. The summed E-state index contributed by atoms with van der Waals surface area (Å²) in [6.45, 7) is 1.93. The van der Waals surface area contributed by atoms with Crippen molar-refractivity contribution in [2.75, 3.05) is 11.3 Å². The Morgan fingerprint density at radius 3 is 2.67 bits per heavy atom. The van der Waals surface area contributed by atoms with Crippen LogP contribution in [0, 0.1) is 0 Å². The van der Waals surface area contributed by atoms with Gasteiger partial charge in [-0.1, -0.05) is 12.1 Å². The Morgan fingerprint density at radius 1 is 1.40 bits per heavy atom. The maximum Gasteiger partial charge on any atom is 0.340 e.